The monoisotopic (exact) mass is 532 g/mol. The molecule has 0 saturated heterocycles. The van der Waals surface area contributed by atoms with Crippen LogP contribution in [0.4, 0.5) is 5.69 Å². The van der Waals surface area contributed by atoms with Crippen LogP contribution >= 0.6 is 23.4 Å². The Balaban J connectivity index is 1.44. The summed E-state index contributed by atoms with van der Waals surface area (Å²) in [6.07, 6.45) is 1.64. The van der Waals surface area contributed by atoms with Gasteiger partial charge in [-0.3, -0.25) is 9.36 Å². The fourth-order valence-electron chi connectivity index (χ4n) is 3.78. The van der Waals surface area contributed by atoms with Gasteiger partial charge in [0.05, 0.1) is 12.0 Å². The predicted octanol–water partition coefficient (Wildman–Crippen LogP) is 5.98. The minimum absolute atomic E-state index is 0.137. The number of carbonyl (C=O) groups excluding carboxylic acids is 1. The smallest absolute Gasteiger partial charge is 0.250 e. The highest BCUT2D eigenvalue weighted by atomic mass is 35.5. The molecule has 1 aromatic heterocycles. The highest BCUT2D eigenvalue weighted by Crippen LogP contribution is 2.28. The molecule has 0 aliphatic carbocycles. The van der Waals surface area contributed by atoms with Crippen molar-refractivity contribution in [1.29, 1.82) is 0 Å². The zero-order chi connectivity index (χ0) is 26.2. The zero-order valence-electron chi connectivity index (χ0n) is 21.1. The van der Waals surface area contributed by atoms with Gasteiger partial charge in [-0.1, -0.05) is 65.3 Å². The van der Waals surface area contributed by atoms with Gasteiger partial charge in [0.2, 0.25) is 0 Å². The van der Waals surface area contributed by atoms with Crippen molar-refractivity contribution in [1.82, 2.24) is 20.2 Å². The third-order valence-electron chi connectivity index (χ3n) is 5.78. The van der Waals surface area contributed by atoms with Crippen molar-refractivity contribution < 1.29 is 4.79 Å². The van der Waals surface area contributed by atoms with Gasteiger partial charge in [-0.05, 0) is 62.7 Å². The van der Waals surface area contributed by atoms with Crippen molar-refractivity contribution in [3.05, 3.63) is 88.9 Å². The van der Waals surface area contributed by atoms with Gasteiger partial charge in [-0.25, -0.2) is 5.43 Å². The van der Waals surface area contributed by atoms with Gasteiger partial charge in [0.1, 0.15) is 0 Å². The number of halogens is 1. The molecule has 1 amide bonds. The summed E-state index contributed by atoms with van der Waals surface area (Å²) in [7, 11) is 0. The van der Waals surface area contributed by atoms with Crippen molar-refractivity contribution in [2.75, 3.05) is 23.7 Å². The number of anilines is 1. The second kappa shape index (κ2) is 12.6. The lowest BCUT2D eigenvalue weighted by molar-refractivity contribution is -0.118. The first-order chi connectivity index (χ1) is 18.0. The molecule has 0 atom stereocenters. The number of hydrazone groups is 1. The van der Waals surface area contributed by atoms with Crippen molar-refractivity contribution >= 4 is 41.2 Å². The first kappa shape index (κ1) is 26.4. The Kier molecular flexibility index (Phi) is 8.98. The summed E-state index contributed by atoms with van der Waals surface area (Å²) >= 11 is 7.40. The molecule has 0 radical (unpaired) electrons. The molecule has 0 aliphatic rings. The van der Waals surface area contributed by atoms with E-state index in [1.807, 2.05) is 72.2 Å². The third kappa shape index (κ3) is 6.78. The van der Waals surface area contributed by atoms with E-state index < -0.39 is 0 Å². The minimum Gasteiger partial charge on any atom is -0.372 e. The molecule has 4 rings (SSSR count). The first-order valence-electron chi connectivity index (χ1n) is 12.1. The normalized spacial score (nSPS) is 11.1. The molecule has 0 saturated carbocycles. The largest absolute Gasteiger partial charge is 0.372 e. The molecule has 190 valence electrons. The summed E-state index contributed by atoms with van der Waals surface area (Å²) in [5.74, 6) is 0.595. The lowest BCUT2D eigenvalue weighted by atomic mass is 10.1. The Morgan fingerprint density at radius 2 is 1.68 bits per heavy atom. The molecule has 0 spiro atoms. The molecule has 4 aromatic rings. The Morgan fingerprint density at radius 3 is 2.32 bits per heavy atom. The fraction of sp³-hybridized carbons (Fsp3) is 0.214. The maximum atomic E-state index is 12.5. The second-order valence-electron chi connectivity index (χ2n) is 8.33. The van der Waals surface area contributed by atoms with Crippen LogP contribution in [0.15, 0.2) is 83.1 Å². The van der Waals surface area contributed by atoms with Gasteiger partial charge in [0.15, 0.2) is 11.0 Å². The van der Waals surface area contributed by atoms with Crippen LogP contribution in [0.5, 0.6) is 0 Å². The van der Waals surface area contributed by atoms with E-state index in [1.165, 1.54) is 11.8 Å². The molecule has 37 heavy (non-hydrogen) atoms. The number of aromatic nitrogens is 3. The lowest BCUT2D eigenvalue weighted by Gasteiger charge is -2.20. The van der Waals surface area contributed by atoms with Crippen molar-refractivity contribution in [2.45, 2.75) is 25.9 Å². The molecule has 0 bridgehead atoms. The second-order valence-corrected chi connectivity index (χ2v) is 9.71. The number of aryl methyl sites for hydroxylation is 1. The Labute approximate surface area is 226 Å². The van der Waals surface area contributed by atoms with E-state index in [2.05, 4.69) is 51.6 Å². The molecule has 0 aliphatic heterocycles. The average molecular weight is 533 g/mol. The van der Waals surface area contributed by atoms with Gasteiger partial charge >= 0.3 is 0 Å². The van der Waals surface area contributed by atoms with E-state index in [0.29, 0.717) is 16.0 Å². The predicted molar refractivity (Wildman–Crippen MR) is 153 cm³/mol. The number of nitrogens with zero attached hydrogens (tertiary/aromatic N) is 5. The molecular weight excluding hydrogens is 504 g/mol. The Hall–Kier alpha value is -3.62. The average Bonchev–Trinajstić information content (AvgIpc) is 3.34. The van der Waals surface area contributed by atoms with Gasteiger partial charge in [-0.15, -0.1) is 10.2 Å². The highest BCUT2D eigenvalue weighted by Gasteiger charge is 2.17. The van der Waals surface area contributed by atoms with E-state index in [1.54, 1.807) is 6.21 Å². The summed E-state index contributed by atoms with van der Waals surface area (Å²) < 4.78 is 1.93. The molecule has 3 aromatic carbocycles. The van der Waals surface area contributed by atoms with E-state index in [9.17, 15) is 4.79 Å². The summed E-state index contributed by atoms with van der Waals surface area (Å²) in [6.45, 7) is 8.21. The van der Waals surface area contributed by atoms with E-state index >= 15 is 0 Å². The fourth-order valence-corrected chi connectivity index (χ4v) is 4.65. The van der Waals surface area contributed by atoms with Crippen LogP contribution in [0.3, 0.4) is 0 Å². The van der Waals surface area contributed by atoms with Crippen LogP contribution in [0.25, 0.3) is 17.1 Å². The van der Waals surface area contributed by atoms with Crippen LogP contribution in [0.1, 0.15) is 25.0 Å². The first-order valence-corrected chi connectivity index (χ1v) is 13.4. The van der Waals surface area contributed by atoms with Gasteiger partial charge < -0.3 is 4.90 Å². The van der Waals surface area contributed by atoms with Gasteiger partial charge in [-0.2, -0.15) is 5.10 Å². The van der Waals surface area contributed by atoms with Crippen molar-refractivity contribution in [3.63, 3.8) is 0 Å². The van der Waals surface area contributed by atoms with Crippen LogP contribution in [0.2, 0.25) is 5.02 Å². The lowest BCUT2D eigenvalue weighted by Crippen LogP contribution is -2.21. The molecule has 0 unspecified atom stereocenters. The SMILES string of the molecule is CCN(CC)c1ccc(/C=N\NC(=O)CSc2nnc(-c3ccc(C)cc3)n2-c2ccc(Cl)cc2)cc1. The quantitative estimate of drug-likeness (QED) is 0.154. The maximum Gasteiger partial charge on any atom is 0.250 e. The number of amides is 1. The standard InChI is InChI=1S/C28H29ClN6OS/c1-4-34(5-2)24-14-8-21(9-15-24)18-30-31-26(36)19-37-28-33-32-27(22-10-6-20(3)7-11-22)35(28)25-16-12-23(29)13-17-25/h6-18H,4-5,19H2,1-3H3,(H,31,36)/b30-18-. The highest BCUT2D eigenvalue weighted by molar-refractivity contribution is 7.99. The zero-order valence-corrected chi connectivity index (χ0v) is 22.6. The van der Waals surface area contributed by atoms with Crippen molar-refractivity contribution in [2.24, 2.45) is 5.10 Å². The number of rotatable bonds is 10. The van der Waals surface area contributed by atoms with Crippen LogP contribution in [-0.2, 0) is 4.79 Å². The van der Waals surface area contributed by atoms with Crippen LogP contribution < -0.4 is 10.3 Å². The minimum atomic E-state index is -0.233. The topological polar surface area (TPSA) is 75.4 Å². The number of carbonyl (C=O) groups is 1. The van der Waals surface area contributed by atoms with Gasteiger partial charge in [0, 0.05) is 35.1 Å². The number of thioether (sulfide) groups is 1. The molecule has 1 heterocycles. The van der Waals surface area contributed by atoms with E-state index in [0.717, 1.165) is 41.2 Å². The maximum absolute atomic E-state index is 12.5. The molecular formula is C28H29ClN6OS. The van der Waals surface area contributed by atoms with Crippen molar-refractivity contribution in [3.8, 4) is 17.1 Å². The number of nitrogens with one attached hydrogen (secondary N) is 1. The Morgan fingerprint density at radius 1 is 1.00 bits per heavy atom. The van der Waals surface area contributed by atoms with Gasteiger partial charge in [0.25, 0.3) is 5.91 Å². The van der Waals surface area contributed by atoms with Crippen LogP contribution in [-0.4, -0.2) is 45.7 Å². The van der Waals surface area contributed by atoms with E-state index in [4.69, 9.17) is 11.6 Å². The summed E-state index contributed by atoms with van der Waals surface area (Å²) in [4.78, 5) is 14.8. The Bertz CT molecular complexity index is 1350. The molecule has 1 N–H and O–H groups in total. The summed E-state index contributed by atoms with van der Waals surface area (Å²) in [5, 5.41) is 14.1. The third-order valence-corrected chi connectivity index (χ3v) is 6.97. The number of benzene rings is 3. The number of hydrogen-bond acceptors (Lipinski definition) is 6. The van der Waals surface area contributed by atoms with Crippen LogP contribution in [0, 0.1) is 6.92 Å². The summed E-state index contributed by atoms with van der Waals surface area (Å²) in [5.41, 5.74) is 7.62. The molecule has 0 fully saturated rings. The molecule has 7 nitrogen and oxygen atoms in total. The number of hydrogen-bond donors (Lipinski definition) is 1. The van der Waals surface area contributed by atoms with E-state index in [-0.39, 0.29) is 11.7 Å². The molecule has 9 heteroatoms. The summed E-state index contributed by atoms with van der Waals surface area (Å²) in [6, 6.07) is 23.6.